The molecule has 1 atom stereocenters. The summed E-state index contributed by atoms with van der Waals surface area (Å²) in [7, 11) is 0. The van der Waals surface area contributed by atoms with Gasteiger partial charge in [-0.1, -0.05) is 6.92 Å². The van der Waals surface area contributed by atoms with E-state index in [9.17, 15) is 4.79 Å². The van der Waals surface area contributed by atoms with Gasteiger partial charge in [0, 0.05) is 19.6 Å². The normalized spacial score (nSPS) is 20.9. The van der Waals surface area contributed by atoms with Gasteiger partial charge in [-0.25, -0.2) is 15.6 Å². The molecule has 0 aromatic heterocycles. The number of hydrazine groups is 1. The van der Waals surface area contributed by atoms with Crippen molar-refractivity contribution in [1.29, 1.82) is 0 Å². The van der Waals surface area contributed by atoms with Crippen molar-refractivity contribution in [3.63, 3.8) is 0 Å². The van der Waals surface area contributed by atoms with E-state index < -0.39 is 6.09 Å². The van der Waals surface area contributed by atoms with Crippen LogP contribution in [0.4, 0.5) is 4.79 Å². The summed E-state index contributed by atoms with van der Waals surface area (Å²) in [6.07, 6.45) is 0.691. The van der Waals surface area contributed by atoms with E-state index in [0.717, 1.165) is 17.9 Å². The molecule has 14 heavy (non-hydrogen) atoms. The minimum atomic E-state index is -0.668. The molecular weight excluding hydrogens is 188 g/mol. The maximum absolute atomic E-state index is 11.1. The Balaban J connectivity index is 2.13. The Morgan fingerprint density at radius 2 is 2.50 bits per heavy atom. The Bertz CT molecular complexity index is 182. The molecule has 0 bridgehead atoms. The highest BCUT2D eigenvalue weighted by Crippen LogP contribution is 2.08. The molecule has 82 valence electrons. The highest BCUT2D eigenvalue weighted by Gasteiger charge is 2.20. The third-order valence-corrected chi connectivity index (χ3v) is 1.84. The summed E-state index contributed by atoms with van der Waals surface area (Å²) < 4.78 is 5.04. The standard InChI is InChI=1S/C8H16N2O4/c1-2-4-10(9)8(11)14-13-7-3-5-12-6-7/h7H,2-6,9H2,1H3. The van der Waals surface area contributed by atoms with Gasteiger partial charge in [-0.05, 0) is 6.42 Å². The molecule has 1 unspecified atom stereocenters. The molecule has 2 N–H and O–H groups in total. The second-order valence-electron chi connectivity index (χ2n) is 3.12. The van der Waals surface area contributed by atoms with E-state index in [4.69, 9.17) is 15.5 Å². The fraction of sp³-hybridized carbons (Fsp3) is 0.875. The van der Waals surface area contributed by atoms with Crippen molar-refractivity contribution >= 4 is 6.09 Å². The van der Waals surface area contributed by atoms with E-state index in [1.807, 2.05) is 6.92 Å². The minimum Gasteiger partial charge on any atom is -0.378 e. The smallest absolute Gasteiger partial charge is 0.378 e. The number of rotatable bonds is 4. The van der Waals surface area contributed by atoms with Crippen LogP contribution in [0.15, 0.2) is 0 Å². The third kappa shape index (κ3) is 3.49. The van der Waals surface area contributed by atoms with Gasteiger partial charge in [0.05, 0.1) is 6.61 Å². The molecule has 0 aromatic carbocycles. The monoisotopic (exact) mass is 204 g/mol. The summed E-state index contributed by atoms with van der Waals surface area (Å²) in [6, 6.07) is 0. The summed E-state index contributed by atoms with van der Waals surface area (Å²) in [5.74, 6) is 5.36. The molecular formula is C8H16N2O4. The van der Waals surface area contributed by atoms with Gasteiger partial charge in [0.1, 0.15) is 6.10 Å². The number of ether oxygens (including phenoxy) is 1. The quantitative estimate of drug-likeness (QED) is 0.311. The van der Waals surface area contributed by atoms with Gasteiger partial charge in [-0.15, -0.1) is 0 Å². The van der Waals surface area contributed by atoms with E-state index in [0.29, 0.717) is 19.8 Å². The zero-order valence-corrected chi connectivity index (χ0v) is 8.27. The lowest BCUT2D eigenvalue weighted by Gasteiger charge is -2.15. The van der Waals surface area contributed by atoms with E-state index >= 15 is 0 Å². The molecule has 1 amide bonds. The molecule has 6 heteroatoms. The fourth-order valence-electron chi connectivity index (χ4n) is 1.08. The average Bonchev–Trinajstić information content (AvgIpc) is 2.67. The van der Waals surface area contributed by atoms with Crippen molar-refractivity contribution < 1.29 is 19.3 Å². The van der Waals surface area contributed by atoms with Crippen LogP contribution in [0.1, 0.15) is 19.8 Å². The molecule has 1 saturated heterocycles. The van der Waals surface area contributed by atoms with Crippen LogP contribution in [0.2, 0.25) is 0 Å². The molecule has 0 radical (unpaired) electrons. The Morgan fingerprint density at radius 1 is 1.71 bits per heavy atom. The number of nitrogens with two attached hydrogens (primary N) is 1. The van der Waals surface area contributed by atoms with Crippen molar-refractivity contribution in [2.75, 3.05) is 19.8 Å². The van der Waals surface area contributed by atoms with Crippen molar-refractivity contribution in [1.82, 2.24) is 5.01 Å². The Labute approximate surface area is 82.8 Å². The zero-order chi connectivity index (χ0) is 10.4. The molecule has 0 aliphatic carbocycles. The first kappa shape index (κ1) is 11.2. The predicted molar refractivity (Wildman–Crippen MR) is 48.0 cm³/mol. The Hall–Kier alpha value is -0.850. The second-order valence-corrected chi connectivity index (χ2v) is 3.12. The van der Waals surface area contributed by atoms with Gasteiger partial charge in [-0.2, -0.15) is 4.89 Å². The highest BCUT2D eigenvalue weighted by molar-refractivity contribution is 5.65. The van der Waals surface area contributed by atoms with Crippen LogP contribution in [0.5, 0.6) is 0 Å². The van der Waals surface area contributed by atoms with Gasteiger partial charge in [0.15, 0.2) is 0 Å². The molecule has 0 spiro atoms. The first-order chi connectivity index (χ1) is 6.74. The number of carbonyl (C=O) groups is 1. The van der Waals surface area contributed by atoms with Crippen LogP contribution in [-0.2, 0) is 14.5 Å². The van der Waals surface area contributed by atoms with Crippen molar-refractivity contribution in [2.24, 2.45) is 5.84 Å². The van der Waals surface area contributed by atoms with Crippen LogP contribution in [0, 0.1) is 0 Å². The van der Waals surface area contributed by atoms with E-state index in [2.05, 4.69) is 4.89 Å². The van der Waals surface area contributed by atoms with Crippen molar-refractivity contribution in [2.45, 2.75) is 25.9 Å². The molecule has 0 saturated carbocycles. The summed E-state index contributed by atoms with van der Waals surface area (Å²) in [6.45, 7) is 3.47. The molecule has 1 aliphatic rings. The third-order valence-electron chi connectivity index (χ3n) is 1.84. The lowest BCUT2D eigenvalue weighted by Crippen LogP contribution is -2.39. The molecule has 1 aliphatic heterocycles. The maximum atomic E-state index is 11.1. The number of hydrogen-bond acceptors (Lipinski definition) is 5. The molecule has 1 heterocycles. The molecule has 1 fully saturated rings. The predicted octanol–water partition coefficient (Wildman–Crippen LogP) is 0.429. The second kappa shape index (κ2) is 5.79. The highest BCUT2D eigenvalue weighted by atomic mass is 17.2. The van der Waals surface area contributed by atoms with Crippen LogP contribution >= 0.6 is 0 Å². The van der Waals surface area contributed by atoms with Gasteiger partial charge < -0.3 is 4.74 Å². The van der Waals surface area contributed by atoms with Gasteiger partial charge in [0.25, 0.3) is 0 Å². The van der Waals surface area contributed by atoms with Crippen molar-refractivity contribution in [3.8, 4) is 0 Å². The first-order valence-corrected chi connectivity index (χ1v) is 4.71. The molecule has 1 rings (SSSR count). The van der Waals surface area contributed by atoms with E-state index in [1.54, 1.807) is 0 Å². The number of hydrogen-bond donors (Lipinski definition) is 1. The summed E-state index contributed by atoms with van der Waals surface area (Å²) in [5, 5.41) is 0.982. The lowest BCUT2D eigenvalue weighted by molar-refractivity contribution is -0.277. The Kier molecular flexibility index (Phi) is 4.64. The van der Waals surface area contributed by atoms with Crippen molar-refractivity contribution in [3.05, 3.63) is 0 Å². The lowest BCUT2D eigenvalue weighted by atomic mass is 10.3. The fourth-order valence-corrected chi connectivity index (χ4v) is 1.08. The average molecular weight is 204 g/mol. The minimum absolute atomic E-state index is 0.158. The van der Waals surface area contributed by atoms with Gasteiger partial charge in [-0.3, -0.25) is 4.89 Å². The SMILES string of the molecule is CCCN(N)C(=O)OOC1CCOC1. The summed E-state index contributed by atoms with van der Waals surface area (Å²) in [5.41, 5.74) is 0. The first-order valence-electron chi connectivity index (χ1n) is 4.71. The van der Waals surface area contributed by atoms with Gasteiger partial charge >= 0.3 is 6.09 Å². The maximum Gasteiger partial charge on any atom is 0.455 e. The summed E-state index contributed by atoms with van der Waals surface area (Å²) >= 11 is 0. The van der Waals surface area contributed by atoms with Crippen LogP contribution < -0.4 is 5.84 Å². The topological polar surface area (TPSA) is 74.0 Å². The molecule has 0 aromatic rings. The number of amides is 1. The van der Waals surface area contributed by atoms with Crippen LogP contribution in [0.25, 0.3) is 0 Å². The van der Waals surface area contributed by atoms with Crippen LogP contribution in [-0.4, -0.2) is 37.0 Å². The molecule has 6 nitrogen and oxygen atoms in total. The largest absolute Gasteiger partial charge is 0.455 e. The summed E-state index contributed by atoms with van der Waals surface area (Å²) in [4.78, 5) is 20.5. The van der Waals surface area contributed by atoms with E-state index in [-0.39, 0.29) is 6.10 Å². The number of carbonyl (C=O) groups excluding carboxylic acids is 1. The Morgan fingerprint density at radius 3 is 3.07 bits per heavy atom. The van der Waals surface area contributed by atoms with E-state index in [1.165, 1.54) is 0 Å². The number of nitrogens with zero attached hydrogens (tertiary/aromatic N) is 1. The van der Waals surface area contributed by atoms with Crippen LogP contribution in [0.3, 0.4) is 0 Å². The zero-order valence-electron chi connectivity index (χ0n) is 8.27. The van der Waals surface area contributed by atoms with Gasteiger partial charge in [0.2, 0.25) is 0 Å².